The van der Waals surface area contributed by atoms with Gasteiger partial charge in [0, 0.05) is 37.9 Å². The molecule has 2 amide bonds. The Balaban J connectivity index is 1.36. The number of carbonyl (C=O) groups is 2. The topological polar surface area (TPSA) is 64.7 Å². The third-order valence-corrected chi connectivity index (χ3v) is 6.36. The van der Waals surface area contributed by atoms with E-state index in [2.05, 4.69) is 34.3 Å². The fraction of sp³-hybridized carbons (Fsp3) is 0.636. The van der Waals surface area contributed by atoms with Crippen molar-refractivity contribution >= 4 is 17.5 Å². The van der Waals surface area contributed by atoms with Crippen molar-refractivity contribution in [2.75, 3.05) is 44.6 Å². The minimum absolute atomic E-state index is 0.105. The van der Waals surface area contributed by atoms with Gasteiger partial charge in [-0.15, -0.1) is 0 Å². The number of nitrogens with zero attached hydrogens (tertiary/aromatic N) is 2. The second kappa shape index (κ2) is 10.2. The molecule has 1 aromatic rings. The molecule has 2 aliphatic rings. The monoisotopic (exact) mass is 404 g/mol. The Bertz CT molecular complexity index is 706. The van der Waals surface area contributed by atoms with E-state index < -0.39 is 0 Å². The number of piperazine rings is 1. The van der Waals surface area contributed by atoms with Crippen LogP contribution in [0.1, 0.15) is 33.1 Å². The van der Waals surface area contributed by atoms with Crippen LogP contribution < -0.4 is 10.6 Å². The second-order valence-corrected chi connectivity index (χ2v) is 8.55. The summed E-state index contributed by atoms with van der Waals surface area (Å²) >= 11 is 0. The van der Waals surface area contributed by atoms with E-state index in [0.717, 1.165) is 32.6 Å². The fourth-order valence-corrected chi connectivity index (χ4v) is 4.32. The number of rotatable bonds is 6. The van der Waals surface area contributed by atoms with Crippen LogP contribution in [0.4, 0.5) is 10.1 Å². The van der Waals surface area contributed by atoms with Gasteiger partial charge in [-0.2, -0.15) is 0 Å². The molecule has 1 aliphatic heterocycles. The Morgan fingerprint density at radius 1 is 1.03 bits per heavy atom. The number of hydrogen-bond donors (Lipinski definition) is 2. The Morgan fingerprint density at radius 3 is 2.34 bits per heavy atom. The molecule has 29 heavy (non-hydrogen) atoms. The molecule has 160 valence electrons. The highest BCUT2D eigenvalue weighted by Gasteiger charge is 2.29. The third kappa shape index (κ3) is 6.51. The van der Waals surface area contributed by atoms with Crippen molar-refractivity contribution in [1.82, 2.24) is 15.1 Å². The standard InChI is InChI=1S/C22H33FN4O2/c1-16-5-3-8-20(17(16)2)25-22(29)15-27-11-9-26(10-12-27)14-21(28)24-19-7-4-6-18(23)13-19/h4,6-7,13,16-17,20H,3,5,8-12,14-15H2,1-2H3,(H,24,28)(H,25,29)/t16-,17-,20+/m1/s1. The molecule has 3 atom stereocenters. The summed E-state index contributed by atoms with van der Waals surface area (Å²) in [6.07, 6.45) is 3.51. The van der Waals surface area contributed by atoms with E-state index in [0.29, 0.717) is 30.1 Å². The molecule has 1 saturated heterocycles. The maximum atomic E-state index is 13.2. The first-order chi connectivity index (χ1) is 13.9. The first kappa shape index (κ1) is 21.7. The lowest BCUT2D eigenvalue weighted by atomic mass is 9.78. The molecule has 0 spiro atoms. The van der Waals surface area contributed by atoms with Crippen molar-refractivity contribution in [2.45, 2.75) is 39.2 Å². The predicted molar refractivity (Wildman–Crippen MR) is 112 cm³/mol. The lowest BCUT2D eigenvalue weighted by Gasteiger charge is -2.36. The summed E-state index contributed by atoms with van der Waals surface area (Å²) < 4.78 is 13.2. The van der Waals surface area contributed by atoms with Gasteiger partial charge in [-0.25, -0.2) is 4.39 Å². The number of nitrogens with one attached hydrogen (secondary N) is 2. The van der Waals surface area contributed by atoms with Gasteiger partial charge in [0.2, 0.25) is 11.8 Å². The number of hydrogen-bond acceptors (Lipinski definition) is 4. The quantitative estimate of drug-likeness (QED) is 0.764. The molecule has 0 aromatic heterocycles. The predicted octanol–water partition coefficient (Wildman–Crippen LogP) is 2.32. The summed E-state index contributed by atoms with van der Waals surface area (Å²) in [5, 5.41) is 5.96. The Kier molecular flexibility index (Phi) is 7.61. The molecule has 0 bridgehead atoms. The van der Waals surface area contributed by atoms with Crippen LogP contribution in [0, 0.1) is 17.7 Å². The molecule has 2 N–H and O–H groups in total. The zero-order valence-corrected chi connectivity index (χ0v) is 17.5. The molecule has 3 rings (SSSR count). The van der Waals surface area contributed by atoms with Crippen molar-refractivity contribution in [3.63, 3.8) is 0 Å². The molecule has 1 heterocycles. The molecular weight excluding hydrogens is 371 g/mol. The SMILES string of the molecule is C[C@@H]1[C@H](C)CCC[C@@H]1NC(=O)CN1CCN(CC(=O)Nc2cccc(F)c2)CC1. The van der Waals surface area contributed by atoms with Crippen LogP contribution in [0.15, 0.2) is 24.3 Å². The number of benzene rings is 1. The van der Waals surface area contributed by atoms with Gasteiger partial charge in [-0.3, -0.25) is 19.4 Å². The van der Waals surface area contributed by atoms with E-state index in [4.69, 9.17) is 0 Å². The average molecular weight is 405 g/mol. The van der Waals surface area contributed by atoms with Crippen molar-refractivity contribution in [3.05, 3.63) is 30.1 Å². The van der Waals surface area contributed by atoms with Crippen LogP contribution in [0.5, 0.6) is 0 Å². The van der Waals surface area contributed by atoms with Crippen molar-refractivity contribution < 1.29 is 14.0 Å². The number of halogens is 1. The zero-order chi connectivity index (χ0) is 20.8. The summed E-state index contributed by atoms with van der Waals surface area (Å²) in [7, 11) is 0. The highest BCUT2D eigenvalue weighted by Crippen LogP contribution is 2.29. The van der Waals surface area contributed by atoms with Gasteiger partial charge in [0.25, 0.3) is 0 Å². The largest absolute Gasteiger partial charge is 0.352 e. The lowest BCUT2D eigenvalue weighted by molar-refractivity contribution is -0.124. The number of amides is 2. The summed E-state index contributed by atoms with van der Waals surface area (Å²) in [5.74, 6) is 0.777. The fourth-order valence-electron chi connectivity index (χ4n) is 4.32. The van der Waals surface area contributed by atoms with Gasteiger partial charge in [0.05, 0.1) is 13.1 Å². The van der Waals surface area contributed by atoms with Gasteiger partial charge in [0.1, 0.15) is 5.82 Å². The summed E-state index contributed by atoms with van der Waals surface area (Å²) in [4.78, 5) is 28.8. The van der Waals surface area contributed by atoms with E-state index >= 15 is 0 Å². The molecular formula is C22H33FN4O2. The molecule has 6 nitrogen and oxygen atoms in total. The maximum absolute atomic E-state index is 13.2. The molecule has 1 aliphatic carbocycles. The van der Waals surface area contributed by atoms with Crippen LogP contribution in [-0.4, -0.2) is 66.9 Å². The van der Waals surface area contributed by atoms with E-state index in [1.54, 1.807) is 12.1 Å². The van der Waals surface area contributed by atoms with E-state index in [1.165, 1.54) is 25.0 Å². The van der Waals surface area contributed by atoms with Crippen LogP contribution in [0.25, 0.3) is 0 Å². The molecule has 7 heteroatoms. The number of anilines is 1. The molecule has 2 fully saturated rings. The Labute approximate surface area is 172 Å². The van der Waals surface area contributed by atoms with E-state index in [9.17, 15) is 14.0 Å². The highest BCUT2D eigenvalue weighted by atomic mass is 19.1. The van der Waals surface area contributed by atoms with Gasteiger partial charge in [0.15, 0.2) is 0 Å². The van der Waals surface area contributed by atoms with Crippen molar-refractivity contribution in [1.29, 1.82) is 0 Å². The maximum Gasteiger partial charge on any atom is 0.238 e. The second-order valence-electron chi connectivity index (χ2n) is 8.55. The van der Waals surface area contributed by atoms with Gasteiger partial charge in [-0.05, 0) is 36.5 Å². The Hall–Kier alpha value is -1.99. The first-order valence-electron chi connectivity index (χ1n) is 10.7. The Morgan fingerprint density at radius 2 is 1.69 bits per heavy atom. The summed E-state index contributed by atoms with van der Waals surface area (Å²) in [6.45, 7) is 8.19. The van der Waals surface area contributed by atoms with Crippen molar-refractivity contribution in [3.8, 4) is 0 Å². The molecule has 0 radical (unpaired) electrons. The first-order valence-corrected chi connectivity index (χ1v) is 10.7. The van der Waals surface area contributed by atoms with Gasteiger partial charge in [-0.1, -0.05) is 32.8 Å². The van der Waals surface area contributed by atoms with Gasteiger partial charge < -0.3 is 10.6 Å². The third-order valence-electron chi connectivity index (χ3n) is 6.36. The smallest absolute Gasteiger partial charge is 0.238 e. The van der Waals surface area contributed by atoms with Crippen LogP contribution in [0.3, 0.4) is 0 Å². The average Bonchev–Trinajstić information content (AvgIpc) is 2.67. The lowest BCUT2D eigenvalue weighted by Crippen LogP contribution is -2.52. The summed E-state index contributed by atoms with van der Waals surface area (Å²) in [6, 6.07) is 6.19. The molecule has 1 aromatic carbocycles. The normalized spacial score (nSPS) is 26.1. The van der Waals surface area contributed by atoms with Crippen LogP contribution in [-0.2, 0) is 9.59 Å². The number of carbonyl (C=O) groups excluding carboxylic acids is 2. The van der Waals surface area contributed by atoms with E-state index in [-0.39, 0.29) is 24.2 Å². The van der Waals surface area contributed by atoms with Crippen molar-refractivity contribution in [2.24, 2.45) is 11.8 Å². The minimum Gasteiger partial charge on any atom is -0.352 e. The molecule has 0 unspecified atom stereocenters. The van der Waals surface area contributed by atoms with Crippen LogP contribution >= 0.6 is 0 Å². The highest BCUT2D eigenvalue weighted by molar-refractivity contribution is 5.92. The van der Waals surface area contributed by atoms with E-state index in [1.807, 2.05) is 0 Å². The zero-order valence-electron chi connectivity index (χ0n) is 17.5. The molecule has 1 saturated carbocycles. The minimum atomic E-state index is -0.369. The van der Waals surface area contributed by atoms with Gasteiger partial charge >= 0.3 is 0 Å². The summed E-state index contributed by atoms with van der Waals surface area (Å²) in [5.41, 5.74) is 0.469. The van der Waals surface area contributed by atoms with Crippen LogP contribution in [0.2, 0.25) is 0 Å².